The predicted octanol–water partition coefficient (Wildman–Crippen LogP) is 9.54. The first-order chi connectivity index (χ1) is 29.5. The summed E-state index contributed by atoms with van der Waals surface area (Å²) in [5.74, 6) is -1.10. The molecule has 3 aliphatic rings. The number of hydrogen-bond donors (Lipinski definition) is 3. The van der Waals surface area contributed by atoms with Gasteiger partial charge < -0.3 is 24.3 Å². The Balaban J connectivity index is 1.33. The van der Waals surface area contributed by atoms with Crippen LogP contribution in [0.5, 0.6) is 0 Å². The monoisotopic (exact) mass is 865 g/mol. The largest absolute Gasteiger partial charge is 0.470 e. The maximum absolute atomic E-state index is 15.1. The molecule has 2 atom stereocenters. The summed E-state index contributed by atoms with van der Waals surface area (Å²) in [6.45, 7) is 9.99. The first kappa shape index (κ1) is 41.6. The van der Waals surface area contributed by atoms with Crippen molar-refractivity contribution < 1.29 is 32.8 Å². The first-order valence-electron chi connectivity index (χ1n) is 20.7. The van der Waals surface area contributed by atoms with E-state index >= 15 is 4.79 Å². The van der Waals surface area contributed by atoms with E-state index in [1.165, 1.54) is 15.7 Å². The minimum Gasteiger partial charge on any atom is -0.465 e. The van der Waals surface area contributed by atoms with Gasteiger partial charge >= 0.3 is 13.5 Å². The molecule has 3 N–H and O–H groups in total. The third-order valence-corrected chi connectivity index (χ3v) is 17.8. The first-order valence-corrected chi connectivity index (χ1v) is 25.1. The van der Waals surface area contributed by atoms with Gasteiger partial charge in [0.1, 0.15) is 24.3 Å². The molecule has 0 saturated heterocycles. The van der Waals surface area contributed by atoms with Crippen LogP contribution in [0.4, 0.5) is 5.82 Å². The van der Waals surface area contributed by atoms with Gasteiger partial charge in [0.25, 0.3) is 5.91 Å². The highest BCUT2D eigenvalue weighted by atomic mass is 31.2. The van der Waals surface area contributed by atoms with Crippen molar-refractivity contribution in [1.82, 2.24) is 9.55 Å². The second kappa shape index (κ2) is 15.6. The van der Waals surface area contributed by atoms with E-state index in [4.69, 9.17) is 13.7 Å². The van der Waals surface area contributed by atoms with E-state index in [1.807, 2.05) is 42.5 Å². The molecule has 0 saturated carbocycles. The van der Waals surface area contributed by atoms with E-state index in [0.29, 0.717) is 18.4 Å². The maximum atomic E-state index is 15.1. The van der Waals surface area contributed by atoms with Gasteiger partial charge in [-0.15, -0.1) is 0 Å². The van der Waals surface area contributed by atoms with Gasteiger partial charge in [0.05, 0.1) is 5.92 Å². The fraction of sp³-hybridized carbons (Fsp3) is 0.245. The fourth-order valence-corrected chi connectivity index (χ4v) is 10.5. The fourth-order valence-electron chi connectivity index (χ4n) is 9.01. The minimum atomic E-state index is -4.98. The number of anilines is 1. The number of amides is 1. The third-order valence-electron chi connectivity index (χ3n) is 12.9. The Morgan fingerprint density at radius 1 is 0.839 bits per heavy atom. The van der Waals surface area contributed by atoms with Gasteiger partial charge in [0, 0.05) is 11.8 Å². The molecule has 1 amide bonds. The van der Waals surface area contributed by atoms with E-state index in [0.717, 1.165) is 44.5 Å². The zero-order valence-corrected chi connectivity index (χ0v) is 37.1. The Bertz CT molecular complexity index is 2790. The number of carbonyl (C=O) groups is 1. The summed E-state index contributed by atoms with van der Waals surface area (Å²) < 4.78 is 33.5. The van der Waals surface area contributed by atoms with Crippen LogP contribution in [0.15, 0.2) is 144 Å². The lowest BCUT2D eigenvalue weighted by Crippen LogP contribution is -2.58. The lowest BCUT2D eigenvalue weighted by Gasteiger charge is -2.47. The molecule has 2 aliphatic carbocycles. The Kier molecular flexibility index (Phi) is 10.5. The summed E-state index contributed by atoms with van der Waals surface area (Å²) >= 11 is 0. The van der Waals surface area contributed by atoms with Gasteiger partial charge in [-0.1, -0.05) is 124 Å². The molecule has 11 nitrogen and oxygen atoms in total. The quantitative estimate of drug-likeness (QED) is 0.0854. The second-order valence-corrected chi connectivity index (χ2v) is 23.7. The number of phosphoric acid groups is 1. The molecule has 5 aromatic carbocycles. The van der Waals surface area contributed by atoms with Gasteiger partial charge in [-0.2, -0.15) is 4.98 Å². The Morgan fingerprint density at radius 2 is 1.39 bits per heavy atom. The summed E-state index contributed by atoms with van der Waals surface area (Å²) in [5.41, 5.74) is 8.48. The normalized spacial score (nSPS) is 17.8. The molecule has 13 heteroatoms. The molecule has 1 aromatic heterocycles. The number of carbonyl (C=O) groups excluding carboxylic acids is 1. The minimum absolute atomic E-state index is 0.0387. The zero-order chi connectivity index (χ0) is 43.6. The number of ether oxygens (including phenoxy) is 1. The van der Waals surface area contributed by atoms with Crippen LogP contribution in [0.2, 0.25) is 18.1 Å². The van der Waals surface area contributed by atoms with Crippen LogP contribution in [0.25, 0.3) is 22.3 Å². The van der Waals surface area contributed by atoms with Crippen molar-refractivity contribution in [2.45, 2.75) is 69.5 Å². The molecule has 6 aromatic rings. The molecule has 9 rings (SSSR count). The molecule has 0 unspecified atom stereocenters. The van der Waals surface area contributed by atoms with Crippen LogP contribution in [0.3, 0.4) is 0 Å². The zero-order valence-electron chi connectivity index (χ0n) is 35.2. The number of aromatic nitrogens is 2. The summed E-state index contributed by atoms with van der Waals surface area (Å²) in [4.78, 5) is 52.8. The summed E-state index contributed by atoms with van der Waals surface area (Å²) in [6.07, 6.45) is 3.50. The van der Waals surface area contributed by atoms with E-state index in [9.17, 15) is 19.1 Å². The number of nitrogens with zero attached hydrogens (tertiary/aromatic N) is 2. The summed E-state index contributed by atoms with van der Waals surface area (Å²) in [6, 6.07) is 39.3. The molecular formula is C49H48N3O8PSi. The van der Waals surface area contributed by atoms with Gasteiger partial charge in [-0.05, 0) is 111 Å². The van der Waals surface area contributed by atoms with Crippen LogP contribution in [0, 0.1) is 0 Å². The topological polar surface area (TPSA) is 149 Å². The van der Waals surface area contributed by atoms with Crippen molar-refractivity contribution in [3.8, 4) is 22.3 Å². The van der Waals surface area contributed by atoms with Crippen molar-refractivity contribution in [2.24, 2.45) is 0 Å². The molecule has 0 spiro atoms. The highest BCUT2D eigenvalue weighted by Gasteiger charge is 2.59. The molecule has 316 valence electrons. The van der Waals surface area contributed by atoms with Crippen molar-refractivity contribution >= 4 is 27.9 Å². The average Bonchev–Trinajstić information content (AvgIpc) is 3.92. The van der Waals surface area contributed by atoms with Crippen LogP contribution >= 0.6 is 7.82 Å². The van der Waals surface area contributed by atoms with Crippen molar-refractivity contribution in [2.75, 3.05) is 11.9 Å². The molecule has 2 heterocycles. The molecule has 1 aliphatic heterocycles. The Hall–Kier alpha value is -5.72. The lowest BCUT2D eigenvalue weighted by molar-refractivity contribution is -0.126. The van der Waals surface area contributed by atoms with Gasteiger partial charge in [0.2, 0.25) is 5.72 Å². The molecule has 0 radical (unpaired) electrons. The molecule has 0 fully saturated rings. The van der Waals surface area contributed by atoms with E-state index in [2.05, 4.69) is 92.7 Å². The van der Waals surface area contributed by atoms with Gasteiger partial charge in [-0.25, -0.2) is 9.36 Å². The third kappa shape index (κ3) is 7.40. The number of nitrogens with one attached hydrogen (secondary N) is 1. The smallest absolute Gasteiger partial charge is 0.465 e. The van der Waals surface area contributed by atoms with Crippen molar-refractivity contribution in [1.29, 1.82) is 0 Å². The Morgan fingerprint density at radius 3 is 1.94 bits per heavy atom. The van der Waals surface area contributed by atoms with Gasteiger partial charge in [0.15, 0.2) is 8.32 Å². The SMILES string of the molecule is CC(C)(C)[Si](C)(C)O[C@@H]1C=C(COP(=O)(O)O)O[C@@]1(C(c1cccc2c1Cc1ccccc1-2)c1cccc2c1Cc1ccccc1-2)n1ccc(NC(=O)c2ccccc2)nc1=O. The van der Waals surface area contributed by atoms with Crippen LogP contribution < -0.4 is 11.0 Å². The van der Waals surface area contributed by atoms with E-state index in [-0.39, 0.29) is 16.6 Å². The maximum Gasteiger partial charge on any atom is 0.470 e. The van der Waals surface area contributed by atoms with Gasteiger partial charge in [-0.3, -0.25) is 13.9 Å². The second-order valence-electron chi connectivity index (χ2n) is 17.7. The van der Waals surface area contributed by atoms with Crippen LogP contribution in [-0.4, -0.2) is 46.3 Å². The van der Waals surface area contributed by atoms with E-state index < -0.39 is 52.1 Å². The predicted molar refractivity (Wildman–Crippen MR) is 241 cm³/mol. The number of benzene rings is 5. The number of rotatable bonds is 11. The standard InChI is InChI=1S/C49H48N3O8PSi/c1-48(2,3)62(4,5)60-43-29-34(30-58-61(55,56)57)59-49(43,52-26-25-44(51-47(52)54)50-46(53)31-15-7-6-8-16-31)45(39-23-13-21-37-35-19-11-9-17-32(35)27-41(37)39)40-24-14-22-38-36-20-12-10-18-33(36)28-42(38)40/h6-26,29,43,45H,27-28,30H2,1-5H3,(H2,55,56,57)(H,50,51,53,54)/t43-,49+/m1/s1. The summed E-state index contributed by atoms with van der Waals surface area (Å²) in [5, 5.41) is 2.46. The molecule has 0 bridgehead atoms. The number of hydrogen-bond acceptors (Lipinski definition) is 7. The summed E-state index contributed by atoms with van der Waals surface area (Å²) in [7, 11) is -7.75. The molecule has 62 heavy (non-hydrogen) atoms. The highest BCUT2D eigenvalue weighted by molar-refractivity contribution is 7.46. The highest BCUT2D eigenvalue weighted by Crippen LogP contribution is 2.56. The van der Waals surface area contributed by atoms with Crippen LogP contribution in [0.1, 0.15) is 70.4 Å². The lowest BCUT2D eigenvalue weighted by atomic mass is 9.75. The van der Waals surface area contributed by atoms with Crippen molar-refractivity contribution in [3.63, 3.8) is 0 Å². The number of phosphoric ester groups is 1. The van der Waals surface area contributed by atoms with Crippen LogP contribution in [-0.2, 0) is 36.8 Å². The van der Waals surface area contributed by atoms with Crippen molar-refractivity contribution in [3.05, 3.63) is 189 Å². The Labute approximate surface area is 361 Å². The van der Waals surface area contributed by atoms with E-state index in [1.54, 1.807) is 42.6 Å². The average molecular weight is 866 g/mol. The molecular weight excluding hydrogens is 818 g/mol. The number of fused-ring (bicyclic) bond motifs is 6.